The number of carboxylic acids is 2. The van der Waals surface area contributed by atoms with E-state index in [0.717, 1.165) is 56.4 Å². The minimum absolute atomic E-state index is 0.296. The maximum atomic E-state index is 9.64. The van der Waals surface area contributed by atoms with Gasteiger partial charge in [-0.25, -0.2) is 0 Å². The van der Waals surface area contributed by atoms with Gasteiger partial charge < -0.3 is 25.6 Å². The van der Waals surface area contributed by atoms with Gasteiger partial charge in [-0.2, -0.15) is 0 Å². The van der Waals surface area contributed by atoms with E-state index in [-0.39, 0.29) is 12.8 Å². The molecule has 2 rings (SSSR count). The Morgan fingerprint density at radius 2 is 1.85 bits per heavy atom. The molecule has 0 bridgehead atoms. The number of hydrogen-bond acceptors (Lipinski definition) is 5. The summed E-state index contributed by atoms with van der Waals surface area (Å²) in [5.41, 5.74) is 3.87. The highest BCUT2D eigenvalue weighted by Gasteiger charge is 2.14. The van der Waals surface area contributed by atoms with Crippen molar-refractivity contribution >= 4 is 29.2 Å². The van der Waals surface area contributed by atoms with Crippen LogP contribution in [0.5, 0.6) is 0 Å². The third-order valence-electron chi connectivity index (χ3n) is 3.79. The molecule has 0 saturated carbocycles. The molecule has 1 aromatic rings. The van der Waals surface area contributed by atoms with Crippen LogP contribution in [-0.4, -0.2) is 55.0 Å². The highest BCUT2D eigenvalue weighted by molar-refractivity contribution is 6.33. The number of hydrogen-bond donors (Lipinski definition) is 4. The number of nitrogens with one attached hydrogen (secondary N) is 2. The van der Waals surface area contributed by atoms with Crippen LogP contribution in [0.15, 0.2) is 12.1 Å². The zero-order valence-electron chi connectivity index (χ0n) is 15.0. The predicted octanol–water partition coefficient (Wildman–Crippen LogP) is 2.41. The van der Waals surface area contributed by atoms with Gasteiger partial charge in [0, 0.05) is 13.2 Å². The van der Waals surface area contributed by atoms with Crippen LogP contribution in [0.25, 0.3) is 0 Å². The van der Waals surface area contributed by atoms with Gasteiger partial charge in [0.1, 0.15) is 0 Å². The molecular formula is C18H27ClN2O5. The van der Waals surface area contributed by atoms with Crippen LogP contribution >= 0.6 is 11.6 Å². The Labute approximate surface area is 158 Å². The molecule has 0 aromatic heterocycles. The molecule has 7 nitrogen and oxygen atoms in total. The zero-order valence-corrected chi connectivity index (χ0v) is 15.8. The van der Waals surface area contributed by atoms with Crippen LogP contribution in [0.3, 0.4) is 0 Å². The normalized spacial score (nSPS) is 13.0. The second kappa shape index (κ2) is 12.5. The van der Waals surface area contributed by atoms with Crippen LogP contribution in [0, 0.1) is 0 Å². The summed E-state index contributed by atoms with van der Waals surface area (Å²) in [5, 5.41) is 23.5. The first-order chi connectivity index (χ1) is 12.5. The molecule has 0 saturated heterocycles. The maximum absolute atomic E-state index is 9.64. The number of anilines is 1. The Morgan fingerprint density at radius 3 is 2.46 bits per heavy atom. The lowest BCUT2D eigenvalue weighted by molar-refractivity contribution is -0.143. The van der Waals surface area contributed by atoms with Crippen LogP contribution in [0.1, 0.15) is 30.9 Å². The Balaban J connectivity index is 0.000000359. The summed E-state index contributed by atoms with van der Waals surface area (Å²) in [6.45, 7) is 6.35. The van der Waals surface area contributed by atoms with Crippen molar-refractivity contribution in [3.63, 3.8) is 0 Å². The number of ether oxygens (including phenoxy) is 1. The number of benzene rings is 1. The Hall–Kier alpha value is -1.83. The number of halogens is 1. The standard InChI is InChI=1S/C14H21ClN2O.C4H6O4/c1-2-18-10-9-17-14-12-6-8-16-7-5-11(12)3-4-13(14)15;5-3(6)1-2-4(7)8/h3-4,16-17H,2,5-10H2,1H3;1-2H2,(H,5,6)(H,7,8). The molecule has 146 valence electrons. The summed E-state index contributed by atoms with van der Waals surface area (Å²) < 4.78 is 5.35. The molecule has 1 aliphatic rings. The van der Waals surface area contributed by atoms with Gasteiger partial charge in [-0.15, -0.1) is 0 Å². The minimum Gasteiger partial charge on any atom is -0.481 e. The first kappa shape index (κ1) is 22.2. The molecule has 0 amide bonds. The van der Waals surface area contributed by atoms with E-state index in [1.54, 1.807) is 0 Å². The molecule has 8 heteroatoms. The first-order valence-electron chi connectivity index (χ1n) is 8.71. The maximum Gasteiger partial charge on any atom is 0.303 e. The van der Waals surface area contributed by atoms with Crippen molar-refractivity contribution in [2.45, 2.75) is 32.6 Å². The molecule has 0 radical (unpaired) electrons. The van der Waals surface area contributed by atoms with Crippen molar-refractivity contribution in [1.82, 2.24) is 5.32 Å². The van der Waals surface area contributed by atoms with E-state index < -0.39 is 11.9 Å². The van der Waals surface area contributed by atoms with Gasteiger partial charge in [0.05, 0.1) is 30.2 Å². The van der Waals surface area contributed by atoms with Crippen LogP contribution in [0.2, 0.25) is 5.02 Å². The molecule has 26 heavy (non-hydrogen) atoms. The fourth-order valence-corrected chi connectivity index (χ4v) is 2.79. The van der Waals surface area contributed by atoms with Crippen molar-refractivity contribution in [3.05, 3.63) is 28.3 Å². The molecule has 0 spiro atoms. The summed E-state index contributed by atoms with van der Waals surface area (Å²) in [7, 11) is 0. The van der Waals surface area contributed by atoms with Gasteiger partial charge in [0.25, 0.3) is 0 Å². The van der Waals surface area contributed by atoms with Gasteiger partial charge in [-0.05, 0) is 50.0 Å². The number of rotatable bonds is 8. The smallest absolute Gasteiger partial charge is 0.303 e. The SMILES string of the molecule is CCOCCNc1c(Cl)ccc2c1CCNCC2.O=C(O)CCC(=O)O. The van der Waals surface area contributed by atoms with Crippen LogP contribution in [0.4, 0.5) is 5.69 Å². The summed E-state index contributed by atoms with van der Waals surface area (Å²) >= 11 is 6.30. The molecule has 1 aliphatic heterocycles. The lowest BCUT2D eigenvalue weighted by atomic mass is 10.0. The van der Waals surface area contributed by atoms with E-state index in [0.29, 0.717) is 0 Å². The minimum atomic E-state index is -1.08. The lowest BCUT2D eigenvalue weighted by Crippen LogP contribution is -2.16. The third kappa shape index (κ3) is 8.51. The Kier molecular flexibility index (Phi) is 10.7. The zero-order chi connectivity index (χ0) is 19.4. The van der Waals surface area contributed by atoms with Gasteiger partial charge in [0.2, 0.25) is 0 Å². The largest absolute Gasteiger partial charge is 0.481 e. The molecule has 0 atom stereocenters. The summed E-state index contributed by atoms with van der Waals surface area (Å²) in [6, 6.07) is 4.15. The van der Waals surface area contributed by atoms with E-state index in [1.165, 1.54) is 11.1 Å². The van der Waals surface area contributed by atoms with Crippen molar-refractivity contribution < 1.29 is 24.5 Å². The summed E-state index contributed by atoms with van der Waals surface area (Å²) in [4.78, 5) is 19.3. The molecule has 1 aromatic carbocycles. The van der Waals surface area contributed by atoms with Crippen LogP contribution < -0.4 is 10.6 Å². The number of aliphatic carboxylic acids is 2. The van der Waals surface area contributed by atoms with Crippen molar-refractivity contribution in [2.75, 3.05) is 38.2 Å². The average molecular weight is 387 g/mol. The third-order valence-corrected chi connectivity index (χ3v) is 4.10. The fourth-order valence-electron chi connectivity index (χ4n) is 2.54. The van der Waals surface area contributed by atoms with E-state index >= 15 is 0 Å². The van der Waals surface area contributed by atoms with Crippen LogP contribution in [-0.2, 0) is 27.2 Å². The summed E-state index contributed by atoms with van der Waals surface area (Å²) in [6.07, 6.45) is 1.52. The molecular weight excluding hydrogens is 360 g/mol. The highest BCUT2D eigenvalue weighted by Crippen LogP contribution is 2.30. The fraction of sp³-hybridized carbons (Fsp3) is 0.556. The van der Waals surface area contributed by atoms with Crippen molar-refractivity contribution in [2.24, 2.45) is 0 Å². The van der Waals surface area contributed by atoms with E-state index in [9.17, 15) is 9.59 Å². The van der Waals surface area contributed by atoms with Crippen molar-refractivity contribution in [3.8, 4) is 0 Å². The van der Waals surface area contributed by atoms with Gasteiger partial charge in [-0.3, -0.25) is 9.59 Å². The van der Waals surface area contributed by atoms with Crippen molar-refractivity contribution in [1.29, 1.82) is 0 Å². The van der Waals surface area contributed by atoms with E-state index in [1.807, 2.05) is 13.0 Å². The lowest BCUT2D eigenvalue weighted by Gasteiger charge is -2.16. The monoisotopic (exact) mass is 386 g/mol. The quantitative estimate of drug-likeness (QED) is 0.508. The van der Waals surface area contributed by atoms with Gasteiger partial charge >= 0.3 is 11.9 Å². The molecule has 0 aliphatic carbocycles. The molecule has 1 heterocycles. The second-order valence-electron chi connectivity index (χ2n) is 5.72. The second-order valence-corrected chi connectivity index (χ2v) is 6.13. The highest BCUT2D eigenvalue weighted by atomic mass is 35.5. The average Bonchev–Trinajstić information content (AvgIpc) is 2.84. The molecule has 0 fully saturated rings. The molecule has 0 unspecified atom stereocenters. The van der Waals surface area contributed by atoms with E-state index in [2.05, 4.69) is 16.7 Å². The summed E-state index contributed by atoms with van der Waals surface area (Å²) in [5.74, 6) is -2.15. The number of fused-ring (bicyclic) bond motifs is 1. The topological polar surface area (TPSA) is 108 Å². The van der Waals surface area contributed by atoms with E-state index in [4.69, 9.17) is 26.6 Å². The number of carboxylic acid groups (broad SMARTS) is 2. The Bertz CT molecular complexity index is 581. The van der Waals surface area contributed by atoms with Gasteiger partial charge in [-0.1, -0.05) is 17.7 Å². The van der Waals surface area contributed by atoms with Gasteiger partial charge in [0.15, 0.2) is 0 Å². The number of carbonyl (C=O) groups is 2. The predicted molar refractivity (Wildman–Crippen MR) is 101 cm³/mol. The first-order valence-corrected chi connectivity index (χ1v) is 9.09. The Morgan fingerprint density at radius 1 is 1.19 bits per heavy atom. The molecule has 4 N–H and O–H groups in total.